The van der Waals surface area contributed by atoms with Crippen molar-refractivity contribution in [2.75, 3.05) is 6.54 Å². The summed E-state index contributed by atoms with van der Waals surface area (Å²) in [6, 6.07) is 18.1. The van der Waals surface area contributed by atoms with E-state index in [1.165, 1.54) is 18.2 Å². The number of ketones is 1. The lowest BCUT2D eigenvalue weighted by molar-refractivity contribution is -0.134. The van der Waals surface area contributed by atoms with Gasteiger partial charge in [-0.1, -0.05) is 46.3 Å². The predicted octanol–water partition coefficient (Wildman–Crippen LogP) is 4.27. The minimum absolute atomic E-state index is 0.0898. The first-order valence-electron chi connectivity index (χ1n) is 9.91. The van der Waals surface area contributed by atoms with Gasteiger partial charge in [0.1, 0.15) is 18.0 Å². The Labute approximate surface area is 196 Å². The van der Waals surface area contributed by atoms with Crippen LogP contribution in [0.3, 0.4) is 0 Å². The first kappa shape index (κ1) is 20.8. The molecule has 0 unspecified atom stereocenters. The summed E-state index contributed by atoms with van der Waals surface area (Å²) < 4.78 is 11.9. The molecule has 5 rings (SSSR count). The molecule has 162 valence electrons. The largest absolute Gasteiger partial charge is 0.452 e. The SMILES string of the molecule is O=C(CN1C(=O)c2ccccc2C1=O)Oc1ccccc1/C=C1\Oc2ccc(Br)cc2C1=O. The number of halogens is 1. The molecule has 3 aromatic rings. The zero-order chi connectivity index (χ0) is 23.1. The molecule has 0 saturated heterocycles. The second-order valence-corrected chi connectivity index (χ2v) is 8.25. The number of carbonyl (C=O) groups excluding carboxylic acids is 4. The van der Waals surface area contributed by atoms with Crippen LogP contribution in [0, 0.1) is 0 Å². The van der Waals surface area contributed by atoms with Crippen molar-refractivity contribution in [3.8, 4) is 11.5 Å². The highest BCUT2D eigenvalue weighted by Crippen LogP contribution is 2.35. The molecule has 0 spiro atoms. The van der Waals surface area contributed by atoms with Crippen LogP contribution in [0.1, 0.15) is 36.6 Å². The summed E-state index contributed by atoms with van der Waals surface area (Å²) in [7, 11) is 0. The standard InChI is InChI=1S/C25H14BrNO6/c26-15-9-10-20-18(12-15)23(29)21(32-20)11-14-5-1-4-8-19(14)33-22(28)13-27-24(30)16-6-2-3-7-17(16)25(27)31/h1-12H,13H2/b21-11-. The number of rotatable bonds is 4. The van der Waals surface area contributed by atoms with Gasteiger partial charge in [-0.3, -0.25) is 19.3 Å². The molecule has 2 aliphatic rings. The maximum Gasteiger partial charge on any atom is 0.331 e. The smallest absolute Gasteiger partial charge is 0.331 e. The van der Waals surface area contributed by atoms with E-state index in [2.05, 4.69) is 15.9 Å². The molecule has 0 saturated carbocycles. The second-order valence-electron chi connectivity index (χ2n) is 7.33. The lowest BCUT2D eigenvalue weighted by Crippen LogP contribution is -2.36. The molecule has 3 aromatic carbocycles. The number of nitrogens with zero attached hydrogens (tertiary/aromatic N) is 1. The average Bonchev–Trinajstić information content (AvgIpc) is 3.24. The van der Waals surface area contributed by atoms with Crippen molar-refractivity contribution in [3.63, 3.8) is 0 Å². The number of para-hydroxylation sites is 1. The van der Waals surface area contributed by atoms with Gasteiger partial charge in [0.15, 0.2) is 5.76 Å². The molecule has 0 aliphatic carbocycles. The van der Waals surface area contributed by atoms with E-state index in [1.54, 1.807) is 54.6 Å². The third-order valence-electron chi connectivity index (χ3n) is 5.22. The van der Waals surface area contributed by atoms with Gasteiger partial charge in [-0.05, 0) is 42.5 Å². The van der Waals surface area contributed by atoms with E-state index in [-0.39, 0.29) is 28.4 Å². The van der Waals surface area contributed by atoms with Crippen LogP contribution >= 0.6 is 15.9 Å². The third kappa shape index (κ3) is 3.74. The minimum Gasteiger partial charge on any atom is -0.452 e. The molecule has 33 heavy (non-hydrogen) atoms. The third-order valence-corrected chi connectivity index (χ3v) is 5.72. The Bertz CT molecular complexity index is 1360. The van der Waals surface area contributed by atoms with E-state index in [0.717, 1.165) is 9.37 Å². The van der Waals surface area contributed by atoms with E-state index < -0.39 is 24.3 Å². The summed E-state index contributed by atoms with van der Waals surface area (Å²) in [5, 5.41) is 0. The highest BCUT2D eigenvalue weighted by atomic mass is 79.9. The summed E-state index contributed by atoms with van der Waals surface area (Å²) in [5.41, 5.74) is 1.37. The quantitative estimate of drug-likeness (QED) is 0.228. The number of ether oxygens (including phenoxy) is 2. The monoisotopic (exact) mass is 503 g/mol. The number of hydrogen-bond donors (Lipinski definition) is 0. The van der Waals surface area contributed by atoms with Crippen molar-refractivity contribution in [3.05, 3.63) is 99.2 Å². The van der Waals surface area contributed by atoms with E-state index in [1.807, 2.05) is 0 Å². The minimum atomic E-state index is -0.791. The van der Waals surface area contributed by atoms with Crippen molar-refractivity contribution in [1.29, 1.82) is 0 Å². The van der Waals surface area contributed by atoms with Crippen LogP contribution in [0.4, 0.5) is 0 Å². The summed E-state index contributed by atoms with van der Waals surface area (Å²) in [6.45, 7) is -0.536. The molecule has 7 nitrogen and oxygen atoms in total. The molecule has 0 radical (unpaired) electrons. The number of allylic oxidation sites excluding steroid dienone is 1. The van der Waals surface area contributed by atoms with Crippen molar-refractivity contribution in [1.82, 2.24) is 4.90 Å². The Morgan fingerprint density at radius 2 is 1.58 bits per heavy atom. The fraction of sp³-hybridized carbons (Fsp3) is 0.0400. The van der Waals surface area contributed by atoms with Gasteiger partial charge in [0.25, 0.3) is 11.8 Å². The van der Waals surface area contributed by atoms with Gasteiger partial charge in [-0.25, -0.2) is 4.79 Å². The van der Waals surface area contributed by atoms with Crippen molar-refractivity contribution < 1.29 is 28.7 Å². The van der Waals surface area contributed by atoms with Gasteiger partial charge >= 0.3 is 5.97 Å². The van der Waals surface area contributed by atoms with Crippen LogP contribution in [0.2, 0.25) is 0 Å². The van der Waals surface area contributed by atoms with Crippen molar-refractivity contribution in [2.45, 2.75) is 0 Å². The molecule has 2 amide bonds. The molecule has 0 bridgehead atoms. The number of fused-ring (bicyclic) bond motifs is 2. The zero-order valence-electron chi connectivity index (χ0n) is 16.9. The van der Waals surface area contributed by atoms with Gasteiger partial charge in [0.05, 0.1) is 16.7 Å². The molecule has 0 N–H and O–H groups in total. The summed E-state index contributed by atoms with van der Waals surface area (Å²) in [6.07, 6.45) is 1.49. The van der Waals surface area contributed by atoms with Crippen LogP contribution in [0.25, 0.3) is 6.08 Å². The van der Waals surface area contributed by atoms with E-state index in [0.29, 0.717) is 16.9 Å². The molecule has 0 aromatic heterocycles. The summed E-state index contributed by atoms with van der Waals surface area (Å²) >= 11 is 3.34. The van der Waals surface area contributed by atoms with E-state index >= 15 is 0 Å². The number of Topliss-reactive ketones (excluding diaryl/α,β-unsaturated/α-hetero) is 1. The number of imide groups is 1. The fourth-order valence-corrected chi connectivity index (χ4v) is 4.02. The highest BCUT2D eigenvalue weighted by molar-refractivity contribution is 9.10. The molecule has 0 atom stereocenters. The molecular weight excluding hydrogens is 490 g/mol. The van der Waals surface area contributed by atoms with Gasteiger partial charge in [-0.15, -0.1) is 0 Å². The van der Waals surface area contributed by atoms with E-state index in [9.17, 15) is 19.2 Å². The van der Waals surface area contributed by atoms with Crippen LogP contribution in [-0.4, -0.2) is 35.0 Å². The molecule has 2 heterocycles. The first-order chi connectivity index (χ1) is 15.9. The van der Waals surface area contributed by atoms with E-state index in [4.69, 9.17) is 9.47 Å². The first-order valence-corrected chi connectivity index (χ1v) is 10.7. The maximum atomic E-state index is 12.7. The van der Waals surface area contributed by atoms with Crippen LogP contribution in [-0.2, 0) is 4.79 Å². The van der Waals surface area contributed by atoms with Crippen LogP contribution in [0.5, 0.6) is 11.5 Å². The number of esters is 1. The van der Waals surface area contributed by atoms with Gasteiger partial charge < -0.3 is 9.47 Å². The Hall–Kier alpha value is -4.04. The van der Waals surface area contributed by atoms with Gasteiger partial charge in [0, 0.05) is 10.0 Å². The van der Waals surface area contributed by atoms with Crippen LogP contribution in [0.15, 0.2) is 77.0 Å². The lowest BCUT2D eigenvalue weighted by atomic mass is 10.1. The zero-order valence-corrected chi connectivity index (χ0v) is 18.5. The Balaban J connectivity index is 1.35. The molecule has 8 heteroatoms. The lowest BCUT2D eigenvalue weighted by Gasteiger charge is -2.14. The Morgan fingerprint density at radius 3 is 2.30 bits per heavy atom. The van der Waals surface area contributed by atoms with Crippen molar-refractivity contribution in [2.24, 2.45) is 0 Å². The summed E-state index contributed by atoms with van der Waals surface area (Å²) in [5.74, 6) is -1.48. The Morgan fingerprint density at radius 1 is 0.909 bits per heavy atom. The topological polar surface area (TPSA) is 90.0 Å². The maximum absolute atomic E-state index is 12.7. The number of carbonyl (C=O) groups is 4. The second kappa shape index (κ2) is 8.14. The number of amides is 2. The normalized spacial score (nSPS) is 15.5. The molecule has 2 aliphatic heterocycles. The number of benzene rings is 3. The number of hydrogen-bond acceptors (Lipinski definition) is 6. The summed E-state index contributed by atoms with van der Waals surface area (Å²) in [4.78, 5) is 51.1. The fourth-order valence-electron chi connectivity index (χ4n) is 3.66. The highest BCUT2D eigenvalue weighted by Gasteiger charge is 2.36. The van der Waals surface area contributed by atoms with Crippen molar-refractivity contribution >= 4 is 45.6 Å². The molecular formula is C25H14BrNO6. The van der Waals surface area contributed by atoms with Gasteiger partial charge in [0.2, 0.25) is 5.78 Å². The molecule has 0 fully saturated rings. The van der Waals surface area contributed by atoms with Crippen LogP contribution < -0.4 is 9.47 Å². The Kier molecular flexibility index (Phi) is 5.14. The average molecular weight is 504 g/mol. The van der Waals surface area contributed by atoms with Gasteiger partial charge in [-0.2, -0.15) is 0 Å². The predicted molar refractivity (Wildman–Crippen MR) is 121 cm³/mol.